The molecule has 19 heavy (non-hydrogen) atoms. The first-order valence-corrected chi connectivity index (χ1v) is 5.91. The standard InChI is InChI=1S/C14H15N3O2/c1-9-3-4-10(2)11(7-9)17-14(19)13-12(8-18)15-5-6-16-13/h3-7,18H,8H2,1-2H3,(H,17,19). The second-order valence-corrected chi connectivity index (χ2v) is 4.28. The normalized spacial score (nSPS) is 10.3. The highest BCUT2D eigenvalue weighted by Crippen LogP contribution is 2.17. The Kier molecular flexibility index (Phi) is 3.87. The molecule has 0 unspecified atom stereocenters. The number of anilines is 1. The highest BCUT2D eigenvalue weighted by molar-refractivity contribution is 6.03. The number of aliphatic hydroxyl groups excluding tert-OH is 1. The number of carbonyl (C=O) groups excluding carboxylic acids is 1. The molecule has 0 radical (unpaired) electrons. The number of rotatable bonds is 3. The average Bonchev–Trinajstić information content (AvgIpc) is 2.42. The van der Waals surface area contributed by atoms with Crippen LogP contribution < -0.4 is 5.32 Å². The van der Waals surface area contributed by atoms with Crippen molar-refractivity contribution in [1.29, 1.82) is 0 Å². The summed E-state index contributed by atoms with van der Waals surface area (Å²) in [4.78, 5) is 20.0. The molecular formula is C14H15N3O2. The number of amides is 1. The van der Waals surface area contributed by atoms with Gasteiger partial charge in [-0.05, 0) is 31.0 Å². The van der Waals surface area contributed by atoms with Crippen molar-refractivity contribution < 1.29 is 9.90 Å². The van der Waals surface area contributed by atoms with Crippen molar-refractivity contribution in [2.24, 2.45) is 0 Å². The molecule has 2 N–H and O–H groups in total. The van der Waals surface area contributed by atoms with Crippen LogP contribution in [-0.4, -0.2) is 21.0 Å². The van der Waals surface area contributed by atoms with E-state index in [1.165, 1.54) is 12.4 Å². The number of aliphatic hydroxyl groups is 1. The monoisotopic (exact) mass is 257 g/mol. The third-order valence-electron chi connectivity index (χ3n) is 2.78. The molecule has 1 aromatic heterocycles. The van der Waals surface area contributed by atoms with Gasteiger partial charge in [0.25, 0.3) is 5.91 Å². The lowest BCUT2D eigenvalue weighted by atomic mass is 10.1. The molecular weight excluding hydrogens is 242 g/mol. The van der Waals surface area contributed by atoms with Crippen LogP contribution in [0.5, 0.6) is 0 Å². The number of hydrogen-bond donors (Lipinski definition) is 2. The van der Waals surface area contributed by atoms with Gasteiger partial charge in [-0.15, -0.1) is 0 Å². The van der Waals surface area contributed by atoms with E-state index in [0.717, 1.165) is 16.8 Å². The summed E-state index contributed by atoms with van der Waals surface area (Å²) in [6, 6.07) is 5.81. The number of nitrogens with zero attached hydrogens (tertiary/aromatic N) is 2. The van der Waals surface area contributed by atoms with Crippen molar-refractivity contribution >= 4 is 11.6 Å². The van der Waals surface area contributed by atoms with Crippen LogP contribution in [0.4, 0.5) is 5.69 Å². The fraction of sp³-hybridized carbons (Fsp3) is 0.214. The van der Waals surface area contributed by atoms with Crippen LogP contribution in [0.2, 0.25) is 0 Å². The lowest BCUT2D eigenvalue weighted by molar-refractivity contribution is 0.101. The summed E-state index contributed by atoms with van der Waals surface area (Å²) in [7, 11) is 0. The minimum atomic E-state index is -0.370. The van der Waals surface area contributed by atoms with Crippen LogP contribution in [-0.2, 0) is 6.61 Å². The highest BCUT2D eigenvalue weighted by Gasteiger charge is 2.14. The molecule has 0 saturated heterocycles. The molecule has 2 rings (SSSR count). The minimum Gasteiger partial charge on any atom is -0.390 e. The third kappa shape index (κ3) is 2.95. The number of aryl methyl sites for hydroxylation is 2. The van der Waals surface area contributed by atoms with Crippen LogP contribution in [0, 0.1) is 13.8 Å². The number of aromatic nitrogens is 2. The zero-order chi connectivity index (χ0) is 13.8. The number of carbonyl (C=O) groups is 1. The first-order valence-electron chi connectivity index (χ1n) is 5.91. The van der Waals surface area contributed by atoms with E-state index in [1.807, 2.05) is 32.0 Å². The van der Waals surface area contributed by atoms with Crippen molar-refractivity contribution in [3.8, 4) is 0 Å². The number of benzene rings is 1. The van der Waals surface area contributed by atoms with Crippen LogP contribution in [0.15, 0.2) is 30.6 Å². The molecule has 5 nitrogen and oxygen atoms in total. The highest BCUT2D eigenvalue weighted by atomic mass is 16.3. The Morgan fingerprint density at radius 1 is 1.26 bits per heavy atom. The zero-order valence-electron chi connectivity index (χ0n) is 10.8. The number of hydrogen-bond acceptors (Lipinski definition) is 4. The predicted octanol–water partition coefficient (Wildman–Crippen LogP) is 1.84. The smallest absolute Gasteiger partial charge is 0.276 e. The molecule has 1 amide bonds. The van der Waals surface area contributed by atoms with E-state index in [-0.39, 0.29) is 23.9 Å². The summed E-state index contributed by atoms with van der Waals surface area (Å²) in [5.74, 6) is -0.370. The molecule has 0 atom stereocenters. The van der Waals surface area contributed by atoms with Crippen molar-refractivity contribution in [1.82, 2.24) is 9.97 Å². The first kappa shape index (κ1) is 13.2. The predicted molar refractivity (Wildman–Crippen MR) is 71.8 cm³/mol. The van der Waals surface area contributed by atoms with E-state index in [4.69, 9.17) is 5.11 Å². The maximum Gasteiger partial charge on any atom is 0.276 e. The fourth-order valence-corrected chi connectivity index (χ4v) is 1.72. The van der Waals surface area contributed by atoms with Crippen molar-refractivity contribution in [2.75, 3.05) is 5.32 Å². The van der Waals surface area contributed by atoms with E-state index in [9.17, 15) is 4.79 Å². The number of nitrogens with one attached hydrogen (secondary N) is 1. The summed E-state index contributed by atoms with van der Waals surface area (Å²) in [5, 5.41) is 11.9. The van der Waals surface area contributed by atoms with Gasteiger partial charge in [0.15, 0.2) is 5.69 Å². The van der Waals surface area contributed by atoms with Crippen LogP contribution in [0.1, 0.15) is 27.3 Å². The van der Waals surface area contributed by atoms with Gasteiger partial charge in [0.1, 0.15) is 0 Å². The van der Waals surface area contributed by atoms with E-state index >= 15 is 0 Å². The van der Waals surface area contributed by atoms with E-state index < -0.39 is 0 Å². The van der Waals surface area contributed by atoms with Gasteiger partial charge in [0, 0.05) is 18.1 Å². The molecule has 0 fully saturated rings. The average molecular weight is 257 g/mol. The Balaban J connectivity index is 2.28. The minimum absolute atomic E-state index is 0.144. The molecule has 0 aliphatic rings. The van der Waals surface area contributed by atoms with Crippen molar-refractivity contribution in [3.63, 3.8) is 0 Å². The maximum atomic E-state index is 12.1. The summed E-state index contributed by atoms with van der Waals surface area (Å²) in [5.41, 5.74) is 3.17. The first-order chi connectivity index (χ1) is 9.11. The summed E-state index contributed by atoms with van der Waals surface area (Å²) < 4.78 is 0. The van der Waals surface area contributed by atoms with Gasteiger partial charge in [0.2, 0.25) is 0 Å². The van der Waals surface area contributed by atoms with Gasteiger partial charge in [0.05, 0.1) is 12.3 Å². The Bertz CT molecular complexity index is 611. The molecule has 0 spiro atoms. The topological polar surface area (TPSA) is 75.1 Å². The van der Waals surface area contributed by atoms with Gasteiger partial charge in [-0.3, -0.25) is 9.78 Å². The molecule has 1 aromatic carbocycles. The quantitative estimate of drug-likeness (QED) is 0.879. The Labute approximate surface area is 111 Å². The molecule has 98 valence electrons. The van der Waals surface area contributed by atoms with Gasteiger partial charge in [-0.25, -0.2) is 4.98 Å². The molecule has 0 aliphatic heterocycles. The van der Waals surface area contributed by atoms with E-state index in [0.29, 0.717) is 0 Å². The van der Waals surface area contributed by atoms with Crippen molar-refractivity contribution in [3.05, 3.63) is 53.1 Å². The van der Waals surface area contributed by atoms with Gasteiger partial charge in [-0.1, -0.05) is 12.1 Å². The van der Waals surface area contributed by atoms with Crippen LogP contribution in [0.25, 0.3) is 0 Å². The summed E-state index contributed by atoms with van der Waals surface area (Å²) in [6.07, 6.45) is 2.87. The SMILES string of the molecule is Cc1ccc(C)c(NC(=O)c2nccnc2CO)c1. The van der Waals surface area contributed by atoms with E-state index in [2.05, 4.69) is 15.3 Å². The second-order valence-electron chi connectivity index (χ2n) is 4.28. The Morgan fingerprint density at radius 2 is 2.00 bits per heavy atom. The molecule has 5 heteroatoms. The molecule has 0 aliphatic carbocycles. The molecule has 1 heterocycles. The van der Waals surface area contributed by atoms with Gasteiger partial charge in [-0.2, -0.15) is 0 Å². The summed E-state index contributed by atoms with van der Waals surface area (Å²) >= 11 is 0. The van der Waals surface area contributed by atoms with Crippen molar-refractivity contribution in [2.45, 2.75) is 20.5 Å². The van der Waals surface area contributed by atoms with Gasteiger partial charge < -0.3 is 10.4 Å². The van der Waals surface area contributed by atoms with Crippen LogP contribution in [0.3, 0.4) is 0 Å². The summed E-state index contributed by atoms with van der Waals surface area (Å²) in [6.45, 7) is 3.55. The Hall–Kier alpha value is -2.27. The lowest BCUT2D eigenvalue weighted by Gasteiger charge is -2.10. The third-order valence-corrected chi connectivity index (χ3v) is 2.78. The zero-order valence-corrected chi connectivity index (χ0v) is 10.8. The molecule has 0 bridgehead atoms. The van der Waals surface area contributed by atoms with Crippen LogP contribution >= 0.6 is 0 Å². The fourth-order valence-electron chi connectivity index (χ4n) is 1.72. The maximum absolute atomic E-state index is 12.1. The largest absolute Gasteiger partial charge is 0.390 e. The molecule has 2 aromatic rings. The van der Waals surface area contributed by atoms with E-state index in [1.54, 1.807) is 0 Å². The van der Waals surface area contributed by atoms with Gasteiger partial charge >= 0.3 is 0 Å². The second kappa shape index (κ2) is 5.58. The Morgan fingerprint density at radius 3 is 2.74 bits per heavy atom. The lowest BCUT2D eigenvalue weighted by Crippen LogP contribution is -2.17. The molecule has 0 saturated carbocycles.